The van der Waals surface area contributed by atoms with Gasteiger partial charge in [-0.05, 0) is 34.1 Å². The van der Waals surface area contributed by atoms with E-state index in [0.717, 1.165) is 36.2 Å². The first-order valence-corrected chi connectivity index (χ1v) is 7.86. The topological polar surface area (TPSA) is 45.3 Å². The van der Waals surface area contributed by atoms with Crippen molar-refractivity contribution < 1.29 is 9.53 Å². The van der Waals surface area contributed by atoms with Gasteiger partial charge in [0.15, 0.2) is 0 Å². The van der Waals surface area contributed by atoms with E-state index in [-0.39, 0.29) is 12.0 Å². The first-order valence-electron chi connectivity index (χ1n) is 7.07. The third-order valence-electron chi connectivity index (χ3n) is 3.65. The summed E-state index contributed by atoms with van der Waals surface area (Å²) < 4.78 is 6.84. The number of nitrogens with zero attached hydrogens (tertiary/aromatic N) is 1. The number of hydrogen-bond donors (Lipinski definition) is 1. The maximum atomic E-state index is 12.3. The molecule has 0 unspecified atom stereocenters. The second-order valence-corrected chi connectivity index (χ2v) is 6.07. The van der Waals surface area contributed by atoms with E-state index in [0.29, 0.717) is 5.69 Å². The fourth-order valence-electron chi connectivity index (χ4n) is 2.53. The number of amides is 1. The van der Waals surface area contributed by atoms with Gasteiger partial charge < -0.3 is 14.6 Å². The van der Waals surface area contributed by atoms with Crippen molar-refractivity contribution in [1.29, 1.82) is 0 Å². The molecule has 1 amide bonds. The third-order valence-corrected chi connectivity index (χ3v) is 4.11. The Hall–Kier alpha value is -1.75. The lowest BCUT2D eigenvalue weighted by atomic mass is 10.1. The molecule has 110 valence electrons. The van der Waals surface area contributed by atoms with Crippen molar-refractivity contribution in [2.75, 3.05) is 13.1 Å². The fraction of sp³-hybridized carbons (Fsp3) is 0.312. The Labute approximate surface area is 132 Å². The van der Waals surface area contributed by atoms with Gasteiger partial charge in [-0.2, -0.15) is 0 Å². The summed E-state index contributed by atoms with van der Waals surface area (Å²) in [7, 11) is 0. The number of hydrogen-bond acceptors (Lipinski definition) is 2. The first-order chi connectivity index (χ1) is 10.2. The number of halogens is 1. The van der Waals surface area contributed by atoms with Crippen LogP contribution in [0.5, 0.6) is 5.75 Å². The predicted molar refractivity (Wildman–Crippen MR) is 84.5 cm³/mol. The average Bonchev–Trinajstić information content (AvgIpc) is 2.95. The number of carbonyl (C=O) groups is 1. The fourth-order valence-corrected chi connectivity index (χ4v) is 2.87. The van der Waals surface area contributed by atoms with Gasteiger partial charge in [-0.25, -0.2) is 0 Å². The number of carbonyl (C=O) groups excluding carboxylic acids is 1. The van der Waals surface area contributed by atoms with Gasteiger partial charge in [-0.3, -0.25) is 4.79 Å². The molecule has 0 atom stereocenters. The Morgan fingerprint density at radius 1 is 1.24 bits per heavy atom. The smallest absolute Gasteiger partial charge is 0.270 e. The summed E-state index contributed by atoms with van der Waals surface area (Å²) in [5, 5.41) is 0. The zero-order valence-electron chi connectivity index (χ0n) is 11.6. The van der Waals surface area contributed by atoms with Crippen molar-refractivity contribution >= 4 is 21.8 Å². The first kappa shape index (κ1) is 14.2. The van der Waals surface area contributed by atoms with Gasteiger partial charge in [-0.1, -0.05) is 18.2 Å². The van der Waals surface area contributed by atoms with Crippen LogP contribution in [0.25, 0.3) is 0 Å². The van der Waals surface area contributed by atoms with E-state index in [4.69, 9.17) is 4.74 Å². The van der Waals surface area contributed by atoms with Crippen molar-refractivity contribution in [3.63, 3.8) is 0 Å². The van der Waals surface area contributed by atoms with Crippen molar-refractivity contribution in [2.45, 2.75) is 18.9 Å². The maximum absolute atomic E-state index is 12.3. The highest BCUT2D eigenvalue weighted by molar-refractivity contribution is 9.10. The number of ether oxygens (including phenoxy) is 1. The molecule has 1 fully saturated rings. The van der Waals surface area contributed by atoms with Crippen LogP contribution in [-0.4, -0.2) is 35.0 Å². The molecule has 21 heavy (non-hydrogen) atoms. The van der Waals surface area contributed by atoms with Crippen molar-refractivity contribution in [3.8, 4) is 5.75 Å². The molecule has 3 rings (SSSR count). The Bertz CT molecular complexity index is 604. The molecule has 1 saturated heterocycles. The second kappa shape index (κ2) is 6.35. The van der Waals surface area contributed by atoms with E-state index in [2.05, 4.69) is 20.9 Å². The summed E-state index contributed by atoms with van der Waals surface area (Å²) in [6, 6.07) is 11.7. The molecule has 1 aromatic heterocycles. The van der Waals surface area contributed by atoms with Gasteiger partial charge in [0.2, 0.25) is 0 Å². The molecule has 0 aliphatic carbocycles. The molecule has 0 saturated carbocycles. The summed E-state index contributed by atoms with van der Waals surface area (Å²) >= 11 is 3.35. The van der Waals surface area contributed by atoms with Gasteiger partial charge in [0, 0.05) is 36.6 Å². The lowest BCUT2D eigenvalue weighted by molar-refractivity contribution is 0.0591. The van der Waals surface area contributed by atoms with Crippen molar-refractivity contribution in [1.82, 2.24) is 9.88 Å². The lowest BCUT2D eigenvalue weighted by Crippen LogP contribution is -2.41. The minimum Gasteiger partial charge on any atom is -0.490 e. The number of aromatic nitrogens is 1. The Morgan fingerprint density at radius 3 is 2.57 bits per heavy atom. The van der Waals surface area contributed by atoms with Gasteiger partial charge in [0.1, 0.15) is 17.5 Å². The van der Waals surface area contributed by atoms with Crippen LogP contribution < -0.4 is 4.74 Å². The second-order valence-electron chi connectivity index (χ2n) is 5.15. The minimum atomic E-state index is 0.0545. The normalized spacial score (nSPS) is 16.0. The highest BCUT2D eigenvalue weighted by atomic mass is 79.9. The molecule has 1 aliphatic rings. The molecule has 0 bridgehead atoms. The summed E-state index contributed by atoms with van der Waals surface area (Å²) in [6.07, 6.45) is 3.69. The minimum absolute atomic E-state index is 0.0545. The number of aromatic amines is 1. The van der Waals surface area contributed by atoms with Crippen LogP contribution in [0.15, 0.2) is 47.1 Å². The van der Waals surface area contributed by atoms with Crippen LogP contribution in [0.1, 0.15) is 23.3 Å². The average molecular weight is 349 g/mol. The zero-order chi connectivity index (χ0) is 14.7. The number of nitrogens with one attached hydrogen (secondary N) is 1. The lowest BCUT2D eigenvalue weighted by Gasteiger charge is -2.32. The highest BCUT2D eigenvalue weighted by Gasteiger charge is 2.25. The summed E-state index contributed by atoms with van der Waals surface area (Å²) in [5.74, 6) is 0.953. The number of H-pyrrole nitrogens is 1. The van der Waals surface area contributed by atoms with Crippen LogP contribution in [0.4, 0.5) is 0 Å². The SMILES string of the molecule is O=C(c1cc(Br)c[nH]1)N1CCC(Oc2ccccc2)CC1. The van der Waals surface area contributed by atoms with Crippen LogP contribution in [0.2, 0.25) is 0 Å². The van der Waals surface area contributed by atoms with Crippen LogP contribution >= 0.6 is 15.9 Å². The number of likely N-dealkylation sites (tertiary alicyclic amines) is 1. The van der Waals surface area contributed by atoms with E-state index in [1.807, 2.05) is 41.3 Å². The van der Waals surface area contributed by atoms with Crippen molar-refractivity contribution in [3.05, 3.63) is 52.8 Å². The molecular formula is C16H17BrN2O2. The number of benzene rings is 1. The van der Waals surface area contributed by atoms with Gasteiger partial charge in [-0.15, -0.1) is 0 Å². The molecule has 4 nitrogen and oxygen atoms in total. The molecule has 2 heterocycles. The Kier molecular flexibility index (Phi) is 4.29. The van der Waals surface area contributed by atoms with Crippen LogP contribution in [-0.2, 0) is 0 Å². The third kappa shape index (κ3) is 3.47. The molecule has 5 heteroatoms. The Morgan fingerprint density at radius 2 is 1.95 bits per heavy atom. The monoisotopic (exact) mass is 348 g/mol. The zero-order valence-corrected chi connectivity index (χ0v) is 13.2. The van der Waals surface area contributed by atoms with E-state index in [1.165, 1.54) is 0 Å². The maximum Gasteiger partial charge on any atom is 0.270 e. The van der Waals surface area contributed by atoms with Crippen LogP contribution in [0, 0.1) is 0 Å². The number of para-hydroxylation sites is 1. The van der Waals surface area contributed by atoms with Gasteiger partial charge in [0.05, 0.1) is 0 Å². The molecule has 1 N–H and O–H groups in total. The van der Waals surface area contributed by atoms with Crippen molar-refractivity contribution in [2.24, 2.45) is 0 Å². The van der Waals surface area contributed by atoms with E-state index in [9.17, 15) is 4.79 Å². The summed E-state index contributed by atoms with van der Waals surface area (Å²) in [4.78, 5) is 17.2. The quantitative estimate of drug-likeness (QED) is 0.922. The largest absolute Gasteiger partial charge is 0.490 e. The molecule has 0 spiro atoms. The molecule has 1 aliphatic heterocycles. The standard InChI is InChI=1S/C16H17BrN2O2/c17-12-10-15(18-11-12)16(20)19-8-6-14(7-9-19)21-13-4-2-1-3-5-13/h1-5,10-11,14,18H,6-9H2. The van der Waals surface area contributed by atoms with Gasteiger partial charge in [0.25, 0.3) is 5.91 Å². The summed E-state index contributed by atoms with van der Waals surface area (Å²) in [6.45, 7) is 1.46. The Balaban J connectivity index is 1.54. The van der Waals surface area contributed by atoms with E-state index >= 15 is 0 Å². The van der Waals surface area contributed by atoms with Gasteiger partial charge >= 0.3 is 0 Å². The summed E-state index contributed by atoms with van der Waals surface area (Å²) in [5.41, 5.74) is 0.629. The van der Waals surface area contributed by atoms with Crippen LogP contribution in [0.3, 0.4) is 0 Å². The highest BCUT2D eigenvalue weighted by Crippen LogP contribution is 2.20. The molecule has 0 radical (unpaired) electrons. The van der Waals surface area contributed by atoms with E-state index in [1.54, 1.807) is 6.20 Å². The number of piperidine rings is 1. The van der Waals surface area contributed by atoms with E-state index < -0.39 is 0 Å². The molecular weight excluding hydrogens is 332 g/mol. The number of rotatable bonds is 3. The molecule has 1 aromatic carbocycles. The molecule has 2 aromatic rings. The predicted octanol–water partition coefficient (Wildman–Crippen LogP) is 3.46.